The van der Waals surface area contributed by atoms with Gasteiger partial charge in [-0.25, -0.2) is 5.01 Å². The minimum Gasteiger partial charge on any atom is -0.267 e. The van der Waals surface area contributed by atoms with Gasteiger partial charge in [0.1, 0.15) is 0 Å². The summed E-state index contributed by atoms with van der Waals surface area (Å²) in [5.74, 6) is -0.101. The van der Waals surface area contributed by atoms with E-state index in [1.165, 1.54) is 0 Å². The number of amides is 1. The highest BCUT2D eigenvalue weighted by molar-refractivity contribution is 7.12. The van der Waals surface area contributed by atoms with Crippen LogP contribution in [0.25, 0.3) is 11.0 Å². The Labute approximate surface area is 166 Å². The number of thiophene rings is 1. The average Bonchev–Trinajstić information content (AvgIpc) is 3.43. The zero-order valence-electron chi connectivity index (χ0n) is 14.9. The van der Waals surface area contributed by atoms with Gasteiger partial charge in [-0.2, -0.15) is 5.10 Å². The number of aromatic nitrogens is 2. The van der Waals surface area contributed by atoms with E-state index < -0.39 is 0 Å². The maximum atomic E-state index is 13.2. The highest BCUT2D eigenvalue weighted by Gasteiger charge is 2.34. The summed E-state index contributed by atoms with van der Waals surface area (Å²) < 4.78 is 0. The summed E-state index contributed by atoms with van der Waals surface area (Å²) in [7, 11) is 0. The molecule has 1 aliphatic heterocycles. The summed E-state index contributed by atoms with van der Waals surface area (Å²) in [6.45, 7) is 0. The molecular formula is C22H16N4OS. The Bertz CT molecular complexity index is 1170. The topological polar surface area (TPSA) is 58.5 Å². The summed E-state index contributed by atoms with van der Waals surface area (Å²) in [5.41, 5.74) is 4.22. The minimum atomic E-state index is -0.170. The molecule has 0 saturated heterocycles. The molecule has 6 heteroatoms. The molecule has 0 radical (unpaired) electrons. The van der Waals surface area contributed by atoms with E-state index in [9.17, 15) is 4.79 Å². The minimum absolute atomic E-state index is 0.101. The van der Waals surface area contributed by atoms with Gasteiger partial charge in [0.05, 0.1) is 27.7 Å². The van der Waals surface area contributed by atoms with Crippen molar-refractivity contribution >= 4 is 34.0 Å². The molecule has 1 atom stereocenters. The van der Waals surface area contributed by atoms with Crippen LogP contribution in [0.4, 0.5) is 0 Å². The Morgan fingerprint density at radius 1 is 0.964 bits per heavy atom. The van der Waals surface area contributed by atoms with Crippen LogP contribution in [-0.2, 0) is 0 Å². The SMILES string of the molecule is O=C(c1ccccc1)N1N=C(c2cccs2)C[C@H]1c1ccc2nccnc2c1. The van der Waals surface area contributed by atoms with Gasteiger partial charge in [-0.05, 0) is 41.3 Å². The van der Waals surface area contributed by atoms with Crippen molar-refractivity contribution in [3.05, 3.63) is 94.4 Å². The Kier molecular flexibility index (Phi) is 4.18. The highest BCUT2D eigenvalue weighted by atomic mass is 32.1. The number of benzene rings is 2. The molecule has 0 unspecified atom stereocenters. The number of carbonyl (C=O) groups is 1. The molecule has 0 saturated carbocycles. The van der Waals surface area contributed by atoms with E-state index in [1.54, 1.807) is 28.7 Å². The first-order valence-electron chi connectivity index (χ1n) is 9.00. The van der Waals surface area contributed by atoms with Gasteiger partial charge in [-0.15, -0.1) is 11.3 Å². The first-order valence-corrected chi connectivity index (χ1v) is 9.88. The Morgan fingerprint density at radius 2 is 1.79 bits per heavy atom. The molecule has 5 nitrogen and oxygen atoms in total. The maximum absolute atomic E-state index is 13.2. The van der Waals surface area contributed by atoms with Gasteiger partial charge < -0.3 is 0 Å². The van der Waals surface area contributed by atoms with Crippen molar-refractivity contribution in [2.45, 2.75) is 12.5 Å². The van der Waals surface area contributed by atoms with Crippen molar-refractivity contribution in [2.24, 2.45) is 5.10 Å². The molecular weight excluding hydrogens is 368 g/mol. The third-order valence-corrected chi connectivity index (χ3v) is 5.74. The first-order chi connectivity index (χ1) is 13.8. The van der Waals surface area contributed by atoms with Gasteiger partial charge >= 0.3 is 0 Å². The predicted molar refractivity (Wildman–Crippen MR) is 110 cm³/mol. The fraction of sp³-hybridized carbons (Fsp3) is 0.0909. The van der Waals surface area contributed by atoms with Crippen molar-refractivity contribution < 1.29 is 4.79 Å². The number of hydrogen-bond acceptors (Lipinski definition) is 5. The molecule has 0 fully saturated rings. The van der Waals surface area contributed by atoms with Gasteiger partial charge in [0.25, 0.3) is 5.91 Å². The van der Waals surface area contributed by atoms with E-state index in [-0.39, 0.29) is 11.9 Å². The van der Waals surface area contributed by atoms with Crippen LogP contribution in [0.3, 0.4) is 0 Å². The van der Waals surface area contributed by atoms with E-state index in [4.69, 9.17) is 5.10 Å². The molecule has 0 spiro atoms. The maximum Gasteiger partial charge on any atom is 0.274 e. The third kappa shape index (κ3) is 2.97. The lowest BCUT2D eigenvalue weighted by molar-refractivity contribution is 0.0711. The monoisotopic (exact) mass is 384 g/mol. The third-order valence-electron chi connectivity index (χ3n) is 4.82. The van der Waals surface area contributed by atoms with Crippen LogP contribution in [0.2, 0.25) is 0 Å². The van der Waals surface area contributed by atoms with Crippen LogP contribution in [0.5, 0.6) is 0 Å². The Morgan fingerprint density at radius 3 is 2.57 bits per heavy atom. The van der Waals surface area contributed by atoms with Gasteiger partial charge in [-0.3, -0.25) is 14.8 Å². The normalized spacial score (nSPS) is 16.4. The second-order valence-corrected chi connectivity index (χ2v) is 7.51. The molecule has 0 bridgehead atoms. The number of nitrogens with zero attached hydrogens (tertiary/aromatic N) is 4. The van der Waals surface area contributed by atoms with Crippen LogP contribution in [-0.4, -0.2) is 26.6 Å². The number of hydrogen-bond donors (Lipinski definition) is 0. The Balaban J connectivity index is 1.57. The van der Waals surface area contributed by atoms with Crippen molar-refractivity contribution in [3.63, 3.8) is 0 Å². The fourth-order valence-electron chi connectivity index (χ4n) is 3.45. The fourth-order valence-corrected chi connectivity index (χ4v) is 4.17. The quantitative estimate of drug-likeness (QED) is 0.515. The van der Waals surface area contributed by atoms with E-state index >= 15 is 0 Å². The highest BCUT2D eigenvalue weighted by Crippen LogP contribution is 2.35. The summed E-state index contributed by atoms with van der Waals surface area (Å²) in [6, 6.07) is 19.1. The lowest BCUT2D eigenvalue weighted by Gasteiger charge is -2.22. The molecule has 1 aliphatic rings. The molecule has 4 aromatic rings. The van der Waals surface area contributed by atoms with Gasteiger partial charge in [0, 0.05) is 24.4 Å². The van der Waals surface area contributed by atoms with Crippen LogP contribution in [0.15, 0.2) is 83.5 Å². The van der Waals surface area contributed by atoms with E-state index in [0.29, 0.717) is 12.0 Å². The molecule has 136 valence electrons. The zero-order chi connectivity index (χ0) is 18.9. The van der Waals surface area contributed by atoms with Crippen molar-refractivity contribution in [2.75, 3.05) is 0 Å². The Hall–Kier alpha value is -3.38. The smallest absolute Gasteiger partial charge is 0.267 e. The lowest BCUT2D eigenvalue weighted by Crippen LogP contribution is -2.27. The molecule has 3 heterocycles. The molecule has 28 heavy (non-hydrogen) atoms. The van der Waals surface area contributed by atoms with E-state index in [2.05, 4.69) is 9.97 Å². The lowest BCUT2D eigenvalue weighted by atomic mass is 10.00. The van der Waals surface area contributed by atoms with Crippen molar-refractivity contribution in [1.82, 2.24) is 15.0 Å². The van der Waals surface area contributed by atoms with Crippen LogP contribution in [0.1, 0.15) is 33.3 Å². The predicted octanol–water partition coefficient (Wildman–Crippen LogP) is 4.68. The van der Waals surface area contributed by atoms with Crippen LogP contribution in [0, 0.1) is 0 Å². The standard InChI is InChI=1S/C22H16N4OS/c27-22(15-5-2-1-3-6-15)26-20(14-19(25-26)21-7-4-12-28-21)16-8-9-17-18(13-16)24-11-10-23-17/h1-13,20H,14H2/t20-/m0/s1. The number of hydrazone groups is 1. The molecule has 0 aliphatic carbocycles. The second kappa shape index (κ2) is 6.98. The van der Waals surface area contributed by atoms with Crippen molar-refractivity contribution in [1.29, 1.82) is 0 Å². The molecule has 2 aromatic carbocycles. The number of fused-ring (bicyclic) bond motifs is 1. The molecule has 5 rings (SSSR count). The van der Waals surface area contributed by atoms with Gasteiger partial charge in [0.2, 0.25) is 0 Å². The summed E-state index contributed by atoms with van der Waals surface area (Å²) in [4.78, 5) is 23.0. The number of rotatable bonds is 3. The molecule has 2 aromatic heterocycles. The molecule has 1 amide bonds. The van der Waals surface area contributed by atoms with E-state index in [1.807, 2.05) is 66.0 Å². The van der Waals surface area contributed by atoms with E-state index in [0.717, 1.165) is 27.2 Å². The summed E-state index contributed by atoms with van der Waals surface area (Å²) >= 11 is 1.64. The summed E-state index contributed by atoms with van der Waals surface area (Å²) in [5, 5.41) is 8.36. The zero-order valence-corrected chi connectivity index (χ0v) is 15.7. The number of carbonyl (C=O) groups excluding carboxylic acids is 1. The summed E-state index contributed by atoms with van der Waals surface area (Å²) in [6.07, 6.45) is 4.03. The average molecular weight is 384 g/mol. The van der Waals surface area contributed by atoms with Crippen LogP contribution < -0.4 is 0 Å². The second-order valence-electron chi connectivity index (χ2n) is 6.56. The first kappa shape index (κ1) is 16.8. The van der Waals surface area contributed by atoms with Crippen molar-refractivity contribution in [3.8, 4) is 0 Å². The van der Waals surface area contributed by atoms with Crippen LogP contribution >= 0.6 is 11.3 Å². The largest absolute Gasteiger partial charge is 0.274 e. The van der Waals surface area contributed by atoms with Gasteiger partial charge in [0.15, 0.2) is 0 Å². The van der Waals surface area contributed by atoms with Gasteiger partial charge in [-0.1, -0.05) is 30.3 Å². The molecule has 0 N–H and O–H groups in total.